The van der Waals surface area contributed by atoms with Crippen LogP contribution in [0.1, 0.15) is 33.2 Å². The van der Waals surface area contributed by atoms with Crippen molar-refractivity contribution in [3.05, 3.63) is 95.9 Å². The van der Waals surface area contributed by atoms with E-state index in [1.54, 1.807) is 26.2 Å². The lowest BCUT2D eigenvalue weighted by atomic mass is 10.1. The summed E-state index contributed by atoms with van der Waals surface area (Å²) in [6.07, 6.45) is 5.21. The van der Waals surface area contributed by atoms with Crippen LogP contribution in [0.2, 0.25) is 0 Å². The number of ether oxygens (including phenoxy) is 2. The number of hydrogen-bond donors (Lipinski definition) is 1. The second-order valence-electron chi connectivity index (χ2n) is 8.28. The normalized spacial score (nSPS) is 10.9. The van der Waals surface area contributed by atoms with Gasteiger partial charge < -0.3 is 19.4 Å². The van der Waals surface area contributed by atoms with Gasteiger partial charge in [-0.2, -0.15) is 9.78 Å². The van der Waals surface area contributed by atoms with Crippen molar-refractivity contribution in [2.75, 3.05) is 19.0 Å². The van der Waals surface area contributed by atoms with Crippen molar-refractivity contribution in [3.63, 3.8) is 0 Å². The third-order valence-electron chi connectivity index (χ3n) is 5.96. The number of methoxy groups -OCH3 is 1. The number of fused-ring (bicyclic) bond motifs is 1. The van der Waals surface area contributed by atoms with Gasteiger partial charge in [0.15, 0.2) is 11.6 Å². The SMILES string of the molecule is CCOC(=O)c1cnn(-c2cc(C)c3cccc(OC)c3n2)c1NC(=O)c1ccc(-n2cccc2)cc1. The molecule has 3 aromatic heterocycles. The smallest absolute Gasteiger partial charge is 0.343 e. The summed E-state index contributed by atoms with van der Waals surface area (Å²) in [4.78, 5) is 30.7. The van der Waals surface area contributed by atoms with Crippen molar-refractivity contribution in [2.45, 2.75) is 13.8 Å². The van der Waals surface area contributed by atoms with E-state index < -0.39 is 11.9 Å². The monoisotopic (exact) mass is 495 g/mol. The Hall–Kier alpha value is -4.92. The first kappa shape index (κ1) is 23.8. The van der Waals surface area contributed by atoms with Gasteiger partial charge >= 0.3 is 5.97 Å². The summed E-state index contributed by atoms with van der Waals surface area (Å²) in [6, 6.07) is 18.5. The molecule has 0 fully saturated rings. The maximum absolute atomic E-state index is 13.3. The predicted octanol–water partition coefficient (Wildman–Crippen LogP) is 4.96. The predicted molar refractivity (Wildman–Crippen MR) is 140 cm³/mol. The maximum atomic E-state index is 13.3. The quantitative estimate of drug-likeness (QED) is 0.321. The summed E-state index contributed by atoms with van der Waals surface area (Å²) in [5.41, 5.74) is 3.04. The molecular weight excluding hydrogens is 470 g/mol. The summed E-state index contributed by atoms with van der Waals surface area (Å²) < 4.78 is 14.1. The van der Waals surface area contributed by atoms with Gasteiger partial charge in [-0.1, -0.05) is 12.1 Å². The lowest BCUT2D eigenvalue weighted by molar-refractivity contribution is 0.0527. The molecule has 3 heterocycles. The molecule has 1 N–H and O–H groups in total. The van der Waals surface area contributed by atoms with E-state index in [1.807, 2.05) is 72.4 Å². The molecule has 5 rings (SSSR count). The molecule has 9 nitrogen and oxygen atoms in total. The van der Waals surface area contributed by atoms with E-state index in [1.165, 1.54) is 10.9 Å². The largest absolute Gasteiger partial charge is 0.494 e. The van der Waals surface area contributed by atoms with E-state index >= 15 is 0 Å². The first-order valence-corrected chi connectivity index (χ1v) is 11.7. The van der Waals surface area contributed by atoms with E-state index in [4.69, 9.17) is 14.5 Å². The molecule has 0 aliphatic carbocycles. The third-order valence-corrected chi connectivity index (χ3v) is 5.96. The zero-order chi connectivity index (χ0) is 25.9. The Morgan fingerprint density at radius 2 is 1.78 bits per heavy atom. The number of para-hydroxylation sites is 1. The van der Waals surface area contributed by atoms with Crippen molar-refractivity contribution >= 4 is 28.6 Å². The number of nitrogens with one attached hydrogen (secondary N) is 1. The molecular formula is C28H25N5O4. The van der Waals surface area contributed by atoms with Gasteiger partial charge in [0.1, 0.15) is 16.8 Å². The van der Waals surface area contributed by atoms with Gasteiger partial charge in [-0.25, -0.2) is 9.78 Å². The number of carbonyl (C=O) groups excluding carboxylic acids is 2. The standard InChI is InChI=1S/C28H25N5O4/c1-4-37-28(35)22-17-29-33(24-16-18(2)21-8-7-9-23(36-3)25(21)30-24)26(22)31-27(34)19-10-12-20(13-11-19)32-14-5-6-15-32/h5-17H,4H2,1-3H3,(H,31,34). The molecule has 0 bridgehead atoms. The van der Waals surface area contributed by atoms with Gasteiger partial charge in [-0.3, -0.25) is 4.79 Å². The molecule has 9 heteroatoms. The van der Waals surface area contributed by atoms with Crippen molar-refractivity contribution < 1.29 is 19.1 Å². The number of anilines is 1. The van der Waals surface area contributed by atoms with Crippen molar-refractivity contribution in [2.24, 2.45) is 0 Å². The molecule has 1 amide bonds. The molecule has 0 unspecified atom stereocenters. The molecule has 5 aromatic rings. The Kier molecular flexibility index (Phi) is 6.42. The molecule has 2 aromatic carbocycles. The highest BCUT2D eigenvalue weighted by molar-refractivity contribution is 6.07. The minimum absolute atomic E-state index is 0.124. The number of pyridine rings is 1. The van der Waals surface area contributed by atoms with Crippen LogP contribution in [0.4, 0.5) is 5.82 Å². The number of hydrogen-bond acceptors (Lipinski definition) is 6. The third kappa shape index (κ3) is 4.54. The van der Waals surface area contributed by atoms with Gasteiger partial charge in [-0.15, -0.1) is 0 Å². The van der Waals surface area contributed by atoms with Crippen LogP contribution in [0, 0.1) is 6.92 Å². The Bertz CT molecular complexity index is 1590. The maximum Gasteiger partial charge on any atom is 0.343 e. The Morgan fingerprint density at radius 1 is 1.03 bits per heavy atom. The van der Waals surface area contributed by atoms with Crippen LogP contribution in [-0.2, 0) is 4.74 Å². The second kappa shape index (κ2) is 9.98. The Labute approximate surface area is 213 Å². The van der Waals surface area contributed by atoms with Crippen LogP contribution in [0.15, 0.2) is 79.3 Å². The van der Waals surface area contributed by atoms with Crippen LogP contribution in [-0.4, -0.2) is 44.9 Å². The number of benzene rings is 2. The van der Waals surface area contributed by atoms with Crippen molar-refractivity contribution in [3.8, 4) is 17.3 Å². The fraction of sp³-hybridized carbons (Fsp3) is 0.143. The Balaban J connectivity index is 1.55. The lowest BCUT2D eigenvalue weighted by Gasteiger charge is -2.13. The second-order valence-corrected chi connectivity index (χ2v) is 8.28. The molecule has 0 spiro atoms. The number of carbonyl (C=O) groups is 2. The zero-order valence-electron chi connectivity index (χ0n) is 20.6. The van der Waals surface area contributed by atoms with Gasteiger partial charge in [0, 0.05) is 29.0 Å². The lowest BCUT2D eigenvalue weighted by Crippen LogP contribution is -2.18. The molecule has 0 saturated heterocycles. The summed E-state index contributed by atoms with van der Waals surface area (Å²) in [5.74, 6) is 0.194. The molecule has 37 heavy (non-hydrogen) atoms. The molecule has 0 aliphatic heterocycles. The molecule has 0 aliphatic rings. The van der Waals surface area contributed by atoms with Gasteiger partial charge in [-0.05, 0) is 67.9 Å². The van der Waals surface area contributed by atoms with Crippen molar-refractivity contribution in [1.82, 2.24) is 19.3 Å². The van der Waals surface area contributed by atoms with Gasteiger partial charge in [0.25, 0.3) is 5.91 Å². The molecule has 0 radical (unpaired) electrons. The zero-order valence-corrected chi connectivity index (χ0v) is 20.6. The fourth-order valence-corrected chi connectivity index (χ4v) is 4.12. The number of amides is 1. The number of rotatable bonds is 7. The number of aromatic nitrogens is 4. The van der Waals surface area contributed by atoms with Gasteiger partial charge in [0.2, 0.25) is 0 Å². The van der Waals surface area contributed by atoms with E-state index in [2.05, 4.69) is 10.4 Å². The van der Waals surface area contributed by atoms with Crippen LogP contribution in [0.3, 0.4) is 0 Å². The van der Waals surface area contributed by atoms with Crippen LogP contribution >= 0.6 is 0 Å². The molecule has 0 atom stereocenters. The fourth-order valence-electron chi connectivity index (χ4n) is 4.12. The topological polar surface area (TPSA) is 100 Å². The van der Waals surface area contributed by atoms with E-state index in [0.29, 0.717) is 22.6 Å². The average Bonchev–Trinajstić information content (AvgIpc) is 3.59. The number of esters is 1. The molecule has 0 saturated carbocycles. The summed E-state index contributed by atoms with van der Waals surface area (Å²) >= 11 is 0. The molecule has 186 valence electrons. The van der Waals surface area contributed by atoms with Crippen LogP contribution < -0.4 is 10.1 Å². The first-order valence-electron chi connectivity index (χ1n) is 11.7. The van der Waals surface area contributed by atoms with E-state index in [0.717, 1.165) is 16.6 Å². The van der Waals surface area contributed by atoms with E-state index in [-0.39, 0.29) is 18.0 Å². The number of nitrogens with zero attached hydrogens (tertiary/aromatic N) is 4. The summed E-state index contributed by atoms with van der Waals surface area (Å²) in [7, 11) is 1.58. The summed E-state index contributed by atoms with van der Waals surface area (Å²) in [6.45, 7) is 3.85. The highest BCUT2D eigenvalue weighted by atomic mass is 16.5. The highest BCUT2D eigenvalue weighted by Gasteiger charge is 2.23. The summed E-state index contributed by atoms with van der Waals surface area (Å²) in [5, 5.41) is 8.15. The van der Waals surface area contributed by atoms with Gasteiger partial charge in [0.05, 0.1) is 19.9 Å². The average molecular weight is 496 g/mol. The van der Waals surface area contributed by atoms with Crippen molar-refractivity contribution in [1.29, 1.82) is 0 Å². The van der Waals surface area contributed by atoms with E-state index in [9.17, 15) is 9.59 Å². The minimum Gasteiger partial charge on any atom is -0.494 e. The minimum atomic E-state index is -0.595. The highest BCUT2D eigenvalue weighted by Crippen LogP contribution is 2.29. The van der Waals surface area contributed by atoms with Crippen LogP contribution in [0.5, 0.6) is 5.75 Å². The first-order chi connectivity index (χ1) is 18.0. The Morgan fingerprint density at radius 3 is 2.49 bits per heavy atom. The number of aryl methyl sites for hydroxylation is 1. The van der Waals surface area contributed by atoms with Crippen LogP contribution in [0.25, 0.3) is 22.4 Å².